The summed E-state index contributed by atoms with van der Waals surface area (Å²) in [5.41, 5.74) is 0. The fraction of sp³-hybridized carbons (Fsp3) is 0.611. The van der Waals surface area contributed by atoms with E-state index in [9.17, 15) is 13.2 Å². The lowest BCUT2D eigenvalue weighted by atomic mass is 10.0. The number of sulfonamides is 1. The van der Waals surface area contributed by atoms with Crippen LogP contribution in [0.4, 0.5) is 0 Å². The van der Waals surface area contributed by atoms with E-state index in [0.717, 1.165) is 12.8 Å². The number of carbonyl (C=O) groups excluding carboxylic acids is 1. The molecule has 1 aromatic carbocycles. The Morgan fingerprint density at radius 1 is 1.15 bits per heavy atom. The third-order valence-corrected chi connectivity index (χ3v) is 7.53. The van der Waals surface area contributed by atoms with Crippen molar-refractivity contribution in [2.45, 2.75) is 29.9 Å². The molecule has 0 bridgehead atoms. The van der Waals surface area contributed by atoms with Gasteiger partial charge in [0.05, 0.1) is 24.7 Å². The summed E-state index contributed by atoms with van der Waals surface area (Å²) in [6.45, 7) is 1.22. The summed E-state index contributed by atoms with van der Waals surface area (Å²) >= 11 is 0. The molecule has 0 radical (unpaired) electrons. The predicted molar refractivity (Wildman–Crippen MR) is 94.3 cm³/mol. The molecule has 3 atom stereocenters. The third kappa shape index (κ3) is 3.00. The van der Waals surface area contributed by atoms with Crippen LogP contribution in [0.25, 0.3) is 0 Å². The zero-order chi connectivity index (χ0) is 18.5. The average Bonchev–Trinajstić information content (AvgIpc) is 3.32. The predicted octanol–water partition coefficient (Wildman–Crippen LogP) is 0.952. The van der Waals surface area contributed by atoms with E-state index in [2.05, 4.69) is 0 Å². The maximum Gasteiger partial charge on any atom is 0.252 e. The van der Waals surface area contributed by atoms with E-state index < -0.39 is 16.1 Å². The number of fused-ring (bicyclic) bond motifs is 1. The molecule has 4 rings (SSSR count). The highest BCUT2D eigenvalue weighted by molar-refractivity contribution is 7.89. The molecule has 1 aromatic rings. The van der Waals surface area contributed by atoms with Crippen LogP contribution in [0.15, 0.2) is 29.2 Å². The second-order valence-electron chi connectivity index (χ2n) is 7.38. The van der Waals surface area contributed by atoms with Crippen molar-refractivity contribution in [3.63, 3.8) is 0 Å². The first-order valence-electron chi connectivity index (χ1n) is 8.94. The van der Waals surface area contributed by atoms with E-state index in [-0.39, 0.29) is 22.8 Å². The molecule has 2 heterocycles. The van der Waals surface area contributed by atoms with Gasteiger partial charge in [-0.2, -0.15) is 4.31 Å². The summed E-state index contributed by atoms with van der Waals surface area (Å²) in [5.74, 6) is 1.04. The van der Waals surface area contributed by atoms with Gasteiger partial charge in [0.2, 0.25) is 10.0 Å². The fourth-order valence-corrected chi connectivity index (χ4v) is 5.34. The molecule has 8 heteroatoms. The number of rotatable bonds is 6. The van der Waals surface area contributed by atoms with Crippen molar-refractivity contribution in [2.75, 3.05) is 33.9 Å². The van der Waals surface area contributed by atoms with Gasteiger partial charge in [0.15, 0.2) is 0 Å². The number of likely N-dealkylation sites (tertiary alicyclic amines) is 1. The molecule has 142 valence electrons. The van der Waals surface area contributed by atoms with Crippen molar-refractivity contribution in [3.05, 3.63) is 24.3 Å². The topological polar surface area (TPSA) is 76.1 Å². The Labute approximate surface area is 153 Å². The van der Waals surface area contributed by atoms with E-state index in [1.807, 2.05) is 0 Å². The van der Waals surface area contributed by atoms with Gasteiger partial charge in [0.25, 0.3) is 5.91 Å². The molecule has 1 saturated carbocycles. The molecule has 0 spiro atoms. The van der Waals surface area contributed by atoms with Gasteiger partial charge in [-0.05, 0) is 43.0 Å². The Bertz CT molecular complexity index is 790. The summed E-state index contributed by atoms with van der Waals surface area (Å²) in [5, 5.41) is 0. The Kier molecular flexibility index (Phi) is 4.45. The SMILES string of the molecule is COc1ccc(S(=O)(=O)N2C[C@@H]3[C@H](OCC4CC4)C(=O)N(C)[C@@H]3C2)cc1. The third-order valence-electron chi connectivity index (χ3n) is 5.68. The maximum absolute atomic E-state index is 13.0. The first kappa shape index (κ1) is 17.8. The molecule has 26 heavy (non-hydrogen) atoms. The summed E-state index contributed by atoms with van der Waals surface area (Å²) in [4.78, 5) is 14.4. The highest BCUT2D eigenvalue weighted by atomic mass is 32.2. The second-order valence-corrected chi connectivity index (χ2v) is 9.31. The molecular formula is C18H24N2O5S. The summed E-state index contributed by atoms with van der Waals surface area (Å²) in [7, 11) is -0.323. The number of nitrogens with zero attached hydrogens (tertiary/aromatic N) is 2. The number of hydrogen-bond donors (Lipinski definition) is 0. The lowest BCUT2D eigenvalue weighted by Crippen LogP contribution is -2.39. The number of carbonyl (C=O) groups is 1. The van der Waals surface area contributed by atoms with Gasteiger partial charge in [-0.1, -0.05) is 0 Å². The highest BCUT2D eigenvalue weighted by Gasteiger charge is 2.54. The summed E-state index contributed by atoms with van der Waals surface area (Å²) in [6, 6.07) is 6.26. The van der Waals surface area contributed by atoms with Crippen molar-refractivity contribution < 1.29 is 22.7 Å². The van der Waals surface area contributed by atoms with Crippen molar-refractivity contribution in [3.8, 4) is 5.75 Å². The van der Waals surface area contributed by atoms with Gasteiger partial charge in [-0.3, -0.25) is 4.79 Å². The molecule has 7 nitrogen and oxygen atoms in total. The number of methoxy groups -OCH3 is 1. The average molecular weight is 380 g/mol. The largest absolute Gasteiger partial charge is 0.497 e. The van der Waals surface area contributed by atoms with Crippen LogP contribution < -0.4 is 4.74 Å². The Hall–Kier alpha value is -1.64. The molecule has 0 N–H and O–H groups in total. The normalized spacial score (nSPS) is 29.2. The van der Waals surface area contributed by atoms with Crippen molar-refractivity contribution >= 4 is 15.9 Å². The van der Waals surface area contributed by atoms with E-state index in [1.165, 1.54) is 4.31 Å². The van der Waals surface area contributed by atoms with Crippen molar-refractivity contribution in [1.82, 2.24) is 9.21 Å². The van der Waals surface area contributed by atoms with Crippen LogP contribution in [-0.2, 0) is 19.6 Å². The van der Waals surface area contributed by atoms with Gasteiger partial charge in [0, 0.05) is 26.1 Å². The van der Waals surface area contributed by atoms with E-state index in [4.69, 9.17) is 9.47 Å². The van der Waals surface area contributed by atoms with Crippen LogP contribution >= 0.6 is 0 Å². The van der Waals surface area contributed by atoms with Gasteiger partial charge in [0.1, 0.15) is 11.9 Å². The standard InChI is InChI=1S/C18H24N2O5S/c1-19-16-10-20(26(22,23)14-7-5-13(24-2)6-8-14)9-15(16)17(18(19)21)25-11-12-3-4-12/h5-8,12,15-17H,3-4,9-11H2,1-2H3/t15-,16+,17-/m0/s1. The lowest BCUT2D eigenvalue weighted by Gasteiger charge is -2.22. The number of likely N-dealkylation sites (N-methyl/N-ethyl adjacent to an activating group) is 1. The first-order valence-corrected chi connectivity index (χ1v) is 10.4. The van der Waals surface area contributed by atoms with Crippen LogP contribution in [0.2, 0.25) is 0 Å². The summed E-state index contributed by atoms with van der Waals surface area (Å²) in [6.07, 6.45) is 1.78. The molecule has 3 aliphatic rings. The molecule has 0 unspecified atom stereocenters. The zero-order valence-corrected chi connectivity index (χ0v) is 15.8. The van der Waals surface area contributed by atoms with E-state index >= 15 is 0 Å². The van der Waals surface area contributed by atoms with Gasteiger partial charge in [-0.15, -0.1) is 0 Å². The maximum atomic E-state index is 13.0. The van der Waals surface area contributed by atoms with Gasteiger partial charge in [-0.25, -0.2) is 8.42 Å². The minimum absolute atomic E-state index is 0.0258. The number of benzene rings is 1. The molecule has 2 saturated heterocycles. The van der Waals surface area contributed by atoms with Crippen LogP contribution in [0, 0.1) is 11.8 Å². The second kappa shape index (κ2) is 6.51. The van der Waals surface area contributed by atoms with Gasteiger partial charge < -0.3 is 14.4 Å². The highest BCUT2D eigenvalue weighted by Crippen LogP contribution is 2.37. The first-order chi connectivity index (χ1) is 12.4. The van der Waals surface area contributed by atoms with Crippen LogP contribution in [-0.4, -0.2) is 69.5 Å². The molecule has 1 aliphatic carbocycles. The van der Waals surface area contributed by atoms with Gasteiger partial charge >= 0.3 is 0 Å². The monoisotopic (exact) mass is 380 g/mol. The number of ether oxygens (including phenoxy) is 2. The van der Waals surface area contributed by atoms with Crippen molar-refractivity contribution in [2.24, 2.45) is 11.8 Å². The Balaban J connectivity index is 1.51. The number of amides is 1. The minimum Gasteiger partial charge on any atom is -0.497 e. The van der Waals surface area contributed by atoms with Crippen molar-refractivity contribution in [1.29, 1.82) is 0 Å². The smallest absolute Gasteiger partial charge is 0.252 e. The minimum atomic E-state index is -3.60. The lowest BCUT2D eigenvalue weighted by molar-refractivity contribution is -0.138. The zero-order valence-electron chi connectivity index (χ0n) is 15.0. The van der Waals surface area contributed by atoms with E-state index in [0.29, 0.717) is 31.4 Å². The van der Waals surface area contributed by atoms with Crippen LogP contribution in [0.1, 0.15) is 12.8 Å². The molecular weight excluding hydrogens is 356 g/mol. The quantitative estimate of drug-likeness (QED) is 0.735. The molecule has 3 fully saturated rings. The number of hydrogen-bond acceptors (Lipinski definition) is 5. The summed E-state index contributed by atoms with van der Waals surface area (Å²) < 4.78 is 38.4. The Morgan fingerprint density at radius 2 is 1.85 bits per heavy atom. The van der Waals surface area contributed by atoms with E-state index in [1.54, 1.807) is 43.3 Å². The molecule has 0 aromatic heterocycles. The molecule has 1 amide bonds. The Morgan fingerprint density at radius 3 is 2.46 bits per heavy atom. The fourth-order valence-electron chi connectivity index (χ4n) is 3.84. The van der Waals surface area contributed by atoms with Crippen LogP contribution in [0.3, 0.4) is 0 Å². The van der Waals surface area contributed by atoms with Crippen LogP contribution in [0.5, 0.6) is 5.75 Å². The molecule has 2 aliphatic heterocycles.